The third-order valence-corrected chi connectivity index (χ3v) is 7.06. The van der Waals surface area contributed by atoms with Crippen molar-refractivity contribution in [3.8, 4) is 0 Å². The molecule has 0 spiro atoms. The molecule has 3 heterocycles. The first kappa shape index (κ1) is 22.7. The number of esters is 1. The second-order valence-electron chi connectivity index (χ2n) is 9.12. The molecule has 172 valence electrons. The molecule has 0 bridgehead atoms. The monoisotopic (exact) mass is 436 g/mol. The van der Waals surface area contributed by atoms with Crippen molar-refractivity contribution in [3.05, 3.63) is 57.9 Å². The van der Waals surface area contributed by atoms with E-state index in [-0.39, 0.29) is 5.97 Å². The molecule has 2 aromatic rings. The lowest BCUT2D eigenvalue weighted by molar-refractivity contribution is 0.0534. The van der Waals surface area contributed by atoms with Crippen LogP contribution in [0.25, 0.3) is 0 Å². The quantitative estimate of drug-likeness (QED) is 0.638. The van der Waals surface area contributed by atoms with Crippen LogP contribution < -0.4 is 5.32 Å². The Morgan fingerprint density at radius 1 is 1.19 bits per heavy atom. The van der Waals surface area contributed by atoms with Gasteiger partial charge in [0.05, 0.1) is 17.4 Å². The second kappa shape index (κ2) is 10.0. The van der Waals surface area contributed by atoms with Gasteiger partial charge in [0.15, 0.2) is 0 Å². The fourth-order valence-electron chi connectivity index (χ4n) is 5.11. The Hall–Kier alpha value is -2.44. The molecular weight excluding hydrogens is 400 g/mol. The highest BCUT2D eigenvalue weighted by molar-refractivity contribution is 5.94. The predicted octanol–water partition coefficient (Wildman–Crippen LogP) is 3.63. The van der Waals surface area contributed by atoms with E-state index in [4.69, 9.17) is 4.74 Å². The van der Waals surface area contributed by atoms with Crippen LogP contribution in [0.2, 0.25) is 0 Å². The minimum atomic E-state index is -0.173. The topological polar surface area (TPSA) is 57.7 Å². The number of rotatable bonds is 8. The lowest BCUT2D eigenvalue weighted by Crippen LogP contribution is -2.47. The summed E-state index contributed by atoms with van der Waals surface area (Å²) in [5, 5.41) is 3.15. The van der Waals surface area contributed by atoms with E-state index in [2.05, 4.69) is 53.0 Å². The van der Waals surface area contributed by atoms with Crippen LogP contribution in [-0.2, 0) is 24.2 Å². The predicted molar refractivity (Wildman–Crippen MR) is 128 cm³/mol. The van der Waals surface area contributed by atoms with Gasteiger partial charge in [0.2, 0.25) is 0 Å². The van der Waals surface area contributed by atoms with E-state index in [0.29, 0.717) is 12.5 Å². The number of piperazine rings is 1. The highest BCUT2D eigenvalue weighted by Gasteiger charge is 2.27. The minimum Gasteiger partial charge on any atom is -0.457 e. The van der Waals surface area contributed by atoms with Crippen molar-refractivity contribution >= 4 is 11.7 Å². The van der Waals surface area contributed by atoms with Gasteiger partial charge in [-0.1, -0.05) is 19.9 Å². The van der Waals surface area contributed by atoms with Crippen molar-refractivity contribution in [2.75, 3.05) is 51.6 Å². The Bertz CT molecular complexity index is 967. The first-order valence-electron chi connectivity index (χ1n) is 11.9. The molecule has 0 amide bonds. The zero-order valence-electron chi connectivity index (χ0n) is 19.9. The van der Waals surface area contributed by atoms with E-state index in [1.54, 1.807) is 0 Å². The number of aromatic nitrogens is 1. The lowest BCUT2D eigenvalue weighted by Gasteiger charge is -2.36. The maximum Gasteiger partial charge on any atom is 0.338 e. The summed E-state index contributed by atoms with van der Waals surface area (Å²) in [7, 11) is 1.93. The van der Waals surface area contributed by atoms with Crippen LogP contribution in [0, 0.1) is 6.92 Å². The van der Waals surface area contributed by atoms with E-state index < -0.39 is 0 Å². The van der Waals surface area contributed by atoms with Gasteiger partial charge in [0.1, 0.15) is 6.61 Å². The summed E-state index contributed by atoms with van der Waals surface area (Å²) in [5.41, 5.74) is 8.09. The number of carbonyl (C=O) groups excluding carboxylic acids is 1. The summed E-state index contributed by atoms with van der Waals surface area (Å²) < 4.78 is 5.27. The maximum atomic E-state index is 11.9. The molecule has 6 heteroatoms. The third kappa shape index (κ3) is 4.81. The lowest BCUT2D eigenvalue weighted by atomic mass is 9.88. The molecule has 6 nitrogen and oxygen atoms in total. The molecule has 32 heavy (non-hydrogen) atoms. The first-order valence-corrected chi connectivity index (χ1v) is 11.9. The summed E-state index contributed by atoms with van der Waals surface area (Å²) in [4.78, 5) is 21.7. The molecule has 1 N–H and O–H groups in total. The number of cyclic esters (lactones) is 1. The van der Waals surface area contributed by atoms with Gasteiger partial charge in [0.25, 0.3) is 0 Å². The number of pyridine rings is 1. The van der Waals surface area contributed by atoms with E-state index in [0.717, 1.165) is 68.9 Å². The third-order valence-electron chi connectivity index (χ3n) is 7.06. The Balaban J connectivity index is 1.29. The largest absolute Gasteiger partial charge is 0.457 e. The van der Waals surface area contributed by atoms with E-state index >= 15 is 0 Å². The van der Waals surface area contributed by atoms with E-state index in [1.807, 2.05) is 19.3 Å². The number of benzene rings is 1. The zero-order chi connectivity index (χ0) is 22.7. The Morgan fingerprint density at radius 3 is 2.62 bits per heavy atom. The molecular formula is C26H36N4O2. The van der Waals surface area contributed by atoms with Crippen LogP contribution in [0.15, 0.2) is 24.4 Å². The van der Waals surface area contributed by atoms with Crippen molar-refractivity contribution < 1.29 is 9.53 Å². The van der Waals surface area contributed by atoms with Crippen LogP contribution in [0.3, 0.4) is 0 Å². The molecule has 2 aliphatic rings. The molecule has 1 fully saturated rings. The zero-order valence-corrected chi connectivity index (χ0v) is 19.9. The van der Waals surface area contributed by atoms with Gasteiger partial charge < -0.3 is 19.9 Å². The molecule has 4 rings (SSSR count). The number of hydrogen-bond donors (Lipinski definition) is 1. The highest BCUT2D eigenvalue weighted by atomic mass is 16.5. The number of ether oxygens (including phenoxy) is 1. The summed E-state index contributed by atoms with van der Waals surface area (Å²) in [6.45, 7) is 13.6. The molecule has 1 aromatic carbocycles. The number of carbonyl (C=O) groups is 1. The average molecular weight is 437 g/mol. The van der Waals surface area contributed by atoms with E-state index in [1.165, 1.54) is 22.4 Å². The number of anilines is 1. The fraction of sp³-hybridized carbons (Fsp3) is 0.538. The van der Waals surface area contributed by atoms with Crippen molar-refractivity contribution in [1.82, 2.24) is 14.8 Å². The number of aryl methyl sites for hydroxylation is 1. The van der Waals surface area contributed by atoms with Gasteiger partial charge in [-0.05, 0) is 48.1 Å². The summed E-state index contributed by atoms with van der Waals surface area (Å²) in [6.07, 6.45) is 3.87. The van der Waals surface area contributed by atoms with Gasteiger partial charge in [-0.25, -0.2) is 4.79 Å². The van der Waals surface area contributed by atoms with E-state index in [9.17, 15) is 4.79 Å². The molecule has 0 saturated carbocycles. The van der Waals surface area contributed by atoms with Crippen LogP contribution in [0.5, 0.6) is 0 Å². The second-order valence-corrected chi connectivity index (χ2v) is 9.12. The number of nitrogens with one attached hydrogen (secondary N) is 1. The molecule has 2 aliphatic heterocycles. The van der Waals surface area contributed by atoms with Crippen LogP contribution in [0.1, 0.15) is 58.1 Å². The van der Waals surface area contributed by atoms with Gasteiger partial charge >= 0.3 is 5.97 Å². The van der Waals surface area contributed by atoms with Gasteiger partial charge in [-0.15, -0.1) is 0 Å². The van der Waals surface area contributed by atoms with Gasteiger partial charge in [-0.3, -0.25) is 4.98 Å². The molecule has 1 unspecified atom stereocenters. The van der Waals surface area contributed by atoms with Crippen molar-refractivity contribution in [1.29, 1.82) is 0 Å². The maximum absolute atomic E-state index is 11.9. The van der Waals surface area contributed by atoms with Gasteiger partial charge in [-0.2, -0.15) is 0 Å². The first-order chi connectivity index (χ1) is 15.5. The highest BCUT2D eigenvalue weighted by Crippen LogP contribution is 2.31. The van der Waals surface area contributed by atoms with Crippen LogP contribution in [0.4, 0.5) is 5.69 Å². The summed E-state index contributed by atoms with van der Waals surface area (Å²) >= 11 is 0. The molecule has 0 aliphatic carbocycles. The standard InChI is InChI=1S/C26H36N4O2/c1-5-21-22(6-7-23-24(21)17-32-26(23)31)19(3)16-30-12-10-29(11-13-30)9-8-25-18(2)14-20(27-4)15-28-25/h6-7,14-15,19,27H,5,8-13,16-17H2,1-4H3. The molecule has 1 aromatic heterocycles. The summed E-state index contributed by atoms with van der Waals surface area (Å²) in [5.74, 6) is 0.267. The smallest absolute Gasteiger partial charge is 0.338 e. The normalized spacial score (nSPS) is 17.8. The van der Waals surface area contributed by atoms with Crippen molar-refractivity contribution in [2.45, 2.75) is 46.1 Å². The number of fused-ring (bicyclic) bond motifs is 1. The minimum absolute atomic E-state index is 0.173. The fourth-order valence-corrected chi connectivity index (χ4v) is 5.11. The van der Waals surface area contributed by atoms with Crippen molar-refractivity contribution in [2.24, 2.45) is 0 Å². The Morgan fingerprint density at radius 2 is 1.94 bits per heavy atom. The SMILES string of the molecule is CCc1c(C(C)CN2CCN(CCc3ncc(NC)cc3C)CC2)ccc2c1COC2=O. The average Bonchev–Trinajstić information content (AvgIpc) is 3.19. The Labute approximate surface area is 192 Å². The molecule has 1 saturated heterocycles. The van der Waals surface area contributed by atoms with Crippen LogP contribution >= 0.6 is 0 Å². The Kier molecular flexibility index (Phi) is 7.11. The molecule has 0 radical (unpaired) electrons. The van der Waals surface area contributed by atoms with Crippen LogP contribution in [-0.4, -0.2) is 67.1 Å². The molecule has 1 atom stereocenters. The van der Waals surface area contributed by atoms with Gasteiger partial charge in [0, 0.05) is 64.0 Å². The van der Waals surface area contributed by atoms with Crippen molar-refractivity contribution in [3.63, 3.8) is 0 Å². The summed E-state index contributed by atoms with van der Waals surface area (Å²) in [6, 6.07) is 6.29. The number of hydrogen-bond acceptors (Lipinski definition) is 6. The number of nitrogens with zero attached hydrogens (tertiary/aromatic N) is 3.